The maximum atomic E-state index is 11.6. The molecule has 21 heavy (non-hydrogen) atoms. The number of amides is 1. The van der Waals surface area contributed by atoms with E-state index in [2.05, 4.69) is 30.0 Å². The SMILES string of the molecule is Cc1cccc(/C=C/C(=O)NNC(=S)NCCC(C)C)c1. The van der Waals surface area contributed by atoms with Crippen LogP contribution in [0, 0.1) is 12.8 Å². The third kappa shape index (κ3) is 8.09. The predicted molar refractivity (Wildman–Crippen MR) is 91.5 cm³/mol. The number of thiocarbonyl (C=S) groups is 1. The highest BCUT2D eigenvalue weighted by Gasteiger charge is 1.99. The second kappa shape index (κ2) is 9.13. The van der Waals surface area contributed by atoms with E-state index in [4.69, 9.17) is 12.2 Å². The minimum atomic E-state index is -0.246. The number of hydrogen-bond donors (Lipinski definition) is 3. The van der Waals surface area contributed by atoms with E-state index in [-0.39, 0.29) is 5.91 Å². The van der Waals surface area contributed by atoms with E-state index in [0.717, 1.165) is 24.1 Å². The van der Waals surface area contributed by atoms with Gasteiger partial charge in [0.15, 0.2) is 5.11 Å². The average Bonchev–Trinajstić information content (AvgIpc) is 2.42. The average molecular weight is 305 g/mol. The summed E-state index contributed by atoms with van der Waals surface area (Å²) in [4.78, 5) is 11.6. The zero-order chi connectivity index (χ0) is 15.7. The molecule has 0 fully saturated rings. The lowest BCUT2D eigenvalue weighted by Crippen LogP contribution is -2.46. The smallest absolute Gasteiger partial charge is 0.262 e. The second-order valence-electron chi connectivity index (χ2n) is 5.30. The van der Waals surface area contributed by atoms with Crippen LogP contribution in [0.1, 0.15) is 31.4 Å². The number of rotatable bonds is 5. The third-order valence-electron chi connectivity index (χ3n) is 2.78. The van der Waals surface area contributed by atoms with Crippen molar-refractivity contribution in [1.82, 2.24) is 16.2 Å². The number of hydrogen-bond acceptors (Lipinski definition) is 2. The first-order chi connectivity index (χ1) is 9.97. The molecule has 0 saturated carbocycles. The van der Waals surface area contributed by atoms with E-state index in [9.17, 15) is 4.79 Å². The Morgan fingerprint density at radius 2 is 2.10 bits per heavy atom. The topological polar surface area (TPSA) is 53.2 Å². The van der Waals surface area contributed by atoms with Crippen molar-refractivity contribution in [1.29, 1.82) is 0 Å². The van der Waals surface area contributed by atoms with Gasteiger partial charge in [-0.3, -0.25) is 15.6 Å². The van der Waals surface area contributed by atoms with Gasteiger partial charge >= 0.3 is 0 Å². The van der Waals surface area contributed by atoms with Crippen LogP contribution >= 0.6 is 12.2 Å². The van der Waals surface area contributed by atoms with Gasteiger partial charge in [-0.25, -0.2) is 0 Å². The van der Waals surface area contributed by atoms with Crippen LogP contribution in [0.2, 0.25) is 0 Å². The monoisotopic (exact) mass is 305 g/mol. The van der Waals surface area contributed by atoms with Gasteiger partial charge in [-0.15, -0.1) is 0 Å². The highest BCUT2D eigenvalue weighted by atomic mass is 32.1. The van der Waals surface area contributed by atoms with E-state index in [1.165, 1.54) is 6.08 Å². The molecule has 114 valence electrons. The summed E-state index contributed by atoms with van der Waals surface area (Å²) in [6.07, 6.45) is 4.26. The lowest BCUT2D eigenvalue weighted by Gasteiger charge is -2.11. The van der Waals surface area contributed by atoms with Crippen molar-refractivity contribution in [2.75, 3.05) is 6.54 Å². The van der Waals surface area contributed by atoms with E-state index in [1.54, 1.807) is 6.08 Å². The van der Waals surface area contributed by atoms with E-state index in [0.29, 0.717) is 11.0 Å². The molecule has 1 amide bonds. The number of hydrazine groups is 1. The fraction of sp³-hybridized carbons (Fsp3) is 0.375. The minimum Gasteiger partial charge on any atom is -0.361 e. The zero-order valence-corrected chi connectivity index (χ0v) is 13.6. The van der Waals surface area contributed by atoms with Gasteiger partial charge in [-0.2, -0.15) is 0 Å². The Hall–Kier alpha value is -1.88. The second-order valence-corrected chi connectivity index (χ2v) is 5.71. The van der Waals surface area contributed by atoms with Crippen molar-refractivity contribution >= 4 is 29.3 Å². The maximum Gasteiger partial charge on any atom is 0.262 e. The number of carbonyl (C=O) groups excluding carboxylic acids is 1. The summed E-state index contributed by atoms with van der Waals surface area (Å²) in [7, 11) is 0. The summed E-state index contributed by atoms with van der Waals surface area (Å²) in [6, 6.07) is 7.93. The zero-order valence-electron chi connectivity index (χ0n) is 12.8. The van der Waals surface area contributed by atoms with Crippen molar-refractivity contribution in [2.24, 2.45) is 5.92 Å². The molecule has 4 nitrogen and oxygen atoms in total. The maximum absolute atomic E-state index is 11.6. The Labute approximate surface area is 132 Å². The van der Waals surface area contributed by atoms with Crippen molar-refractivity contribution in [3.05, 3.63) is 41.5 Å². The van der Waals surface area contributed by atoms with Crippen molar-refractivity contribution in [3.63, 3.8) is 0 Å². The molecule has 5 heteroatoms. The van der Waals surface area contributed by atoms with Crippen LogP contribution < -0.4 is 16.2 Å². The van der Waals surface area contributed by atoms with Crippen molar-refractivity contribution in [2.45, 2.75) is 27.2 Å². The molecular formula is C16H23N3OS. The van der Waals surface area contributed by atoms with Crippen molar-refractivity contribution < 1.29 is 4.79 Å². The van der Waals surface area contributed by atoms with E-state index >= 15 is 0 Å². The Balaban J connectivity index is 2.29. The first-order valence-electron chi connectivity index (χ1n) is 7.06. The first kappa shape index (κ1) is 17.2. The van der Waals surface area contributed by atoms with Gasteiger partial charge in [0.05, 0.1) is 0 Å². The van der Waals surface area contributed by atoms with Gasteiger partial charge in [0, 0.05) is 12.6 Å². The number of aryl methyl sites for hydroxylation is 1. The first-order valence-corrected chi connectivity index (χ1v) is 7.47. The largest absolute Gasteiger partial charge is 0.361 e. The summed E-state index contributed by atoms with van der Waals surface area (Å²) in [5.74, 6) is 0.372. The van der Waals surface area contributed by atoms with Gasteiger partial charge in [0.25, 0.3) is 5.91 Å². The molecule has 0 radical (unpaired) electrons. The quantitative estimate of drug-likeness (QED) is 0.444. The highest BCUT2D eigenvalue weighted by molar-refractivity contribution is 7.80. The number of carbonyl (C=O) groups is 1. The van der Waals surface area contributed by atoms with Crippen LogP contribution in [-0.2, 0) is 4.79 Å². The van der Waals surface area contributed by atoms with E-state index < -0.39 is 0 Å². The number of benzene rings is 1. The fourth-order valence-corrected chi connectivity index (χ4v) is 1.78. The Bertz CT molecular complexity index is 512. The molecule has 0 spiro atoms. The molecule has 0 aliphatic rings. The van der Waals surface area contributed by atoms with Crippen molar-refractivity contribution in [3.8, 4) is 0 Å². The summed E-state index contributed by atoms with van der Waals surface area (Å²) in [6.45, 7) is 7.10. The summed E-state index contributed by atoms with van der Waals surface area (Å²) < 4.78 is 0. The molecule has 1 rings (SSSR count). The summed E-state index contributed by atoms with van der Waals surface area (Å²) >= 11 is 5.06. The Morgan fingerprint density at radius 1 is 1.33 bits per heavy atom. The lowest BCUT2D eigenvalue weighted by molar-refractivity contribution is -0.116. The molecule has 0 unspecified atom stereocenters. The van der Waals surface area contributed by atoms with Crippen LogP contribution in [0.5, 0.6) is 0 Å². The van der Waals surface area contributed by atoms with Gasteiger partial charge in [0.1, 0.15) is 0 Å². The molecule has 0 saturated heterocycles. The van der Waals surface area contributed by atoms with Crippen LogP contribution in [0.3, 0.4) is 0 Å². The molecule has 0 atom stereocenters. The molecule has 0 aromatic heterocycles. The van der Waals surface area contributed by atoms with Gasteiger partial charge in [0.2, 0.25) is 0 Å². The fourth-order valence-electron chi connectivity index (χ4n) is 1.62. The normalized spacial score (nSPS) is 10.7. The number of nitrogens with one attached hydrogen (secondary N) is 3. The molecule has 0 bridgehead atoms. The third-order valence-corrected chi connectivity index (χ3v) is 3.02. The van der Waals surface area contributed by atoms with Gasteiger partial charge < -0.3 is 5.32 Å². The molecule has 0 heterocycles. The standard InChI is InChI=1S/C16H23N3OS/c1-12(2)9-10-17-16(21)19-18-15(20)8-7-14-6-4-5-13(3)11-14/h4-8,11-12H,9-10H2,1-3H3,(H,18,20)(H2,17,19,21)/b8-7+. The molecule has 1 aromatic rings. The minimum absolute atomic E-state index is 0.246. The highest BCUT2D eigenvalue weighted by Crippen LogP contribution is 2.05. The Morgan fingerprint density at radius 3 is 2.76 bits per heavy atom. The lowest BCUT2D eigenvalue weighted by atomic mass is 10.1. The van der Waals surface area contributed by atoms with Crippen LogP contribution in [0.4, 0.5) is 0 Å². The molecule has 1 aromatic carbocycles. The summed E-state index contributed by atoms with van der Waals surface area (Å²) in [5.41, 5.74) is 7.35. The predicted octanol–water partition coefficient (Wildman–Crippen LogP) is 2.55. The van der Waals surface area contributed by atoms with Crippen LogP contribution in [0.25, 0.3) is 6.08 Å². The molecule has 0 aliphatic heterocycles. The van der Waals surface area contributed by atoms with E-state index in [1.807, 2.05) is 31.2 Å². The molecule has 3 N–H and O–H groups in total. The van der Waals surface area contributed by atoms with Crippen LogP contribution in [0.15, 0.2) is 30.3 Å². The molecule has 0 aliphatic carbocycles. The summed E-state index contributed by atoms with van der Waals surface area (Å²) in [5, 5.41) is 3.46. The van der Waals surface area contributed by atoms with Gasteiger partial charge in [-0.1, -0.05) is 43.7 Å². The Kier molecular flexibility index (Phi) is 7.46. The van der Waals surface area contributed by atoms with Gasteiger partial charge in [-0.05, 0) is 43.1 Å². The molecular weight excluding hydrogens is 282 g/mol. The van der Waals surface area contributed by atoms with Crippen LogP contribution in [-0.4, -0.2) is 17.6 Å².